The van der Waals surface area contributed by atoms with E-state index in [1.165, 1.54) is 11.1 Å². The fourth-order valence-electron chi connectivity index (χ4n) is 1.63. The molecule has 0 aliphatic heterocycles. The van der Waals surface area contributed by atoms with Gasteiger partial charge in [-0.05, 0) is 48.6 Å². The second kappa shape index (κ2) is 6.42. The molecule has 2 nitrogen and oxygen atoms in total. The van der Waals surface area contributed by atoms with Crippen LogP contribution in [0.5, 0.6) is 0 Å². The van der Waals surface area contributed by atoms with Crippen molar-refractivity contribution in [3.05, 3.63) is 34.9 Å². The predicted octanol–water partition coefficient (Wildman–Crippen LogP) is 3.25. The Hall–Kier alpha value is -1.33. The Balaban J connectivity index is 2.50. The van der Waals surface area contributed by atoms with E-state index in [9.17, 15) is 0 Å². The number of nitrogens with zero attached hydrogens (tertiary/aromatic N) is 1. The van der Waals surface area contributed by atoms with Gasteiger partial charge in [-0.3, -0.25) is 0 Å². The Morgan fingerprint density at radius 2 is 2.00 bits per heavy atom. The molecule has 0 heterocycles. The quantitative estimate of drug-likeness (QED) is 0.843. The molecule has 92 valence electrons. The van der Waals surface area contributed by atoms with Crippen LogP contribution < -0.4 is 5.32 Å². The summed E-state index contributed by atoms with van der Waals surface area (Å²) in [6.45, 7) is 10.7. The highest BCUT2D eigenvalue weighted by Crippen LogP contribution is 2.11. The summed E-state index contributed by atoms with van der Waals surface area (Å²) in [5.74, 6) is 1.40. The molecule has 0 radical (unpaired) electrons. The highest BCUT2D eigenvalue weighted by Gasteiger charge is 2.06. The molecule has 1 atom stereocenters. The van der Waals surface area contributed by atoms with Gasteiger partial charge in [-0.1, -0.05) is 26.8 Å². The van der Waals surface area contributed by atoms with Gasteiger partial charge in [0.15, 0.2) is 0 Å². The molecule has 0 saturated heterocycles. The third kappa shape index (κ3) is 4.20. The molecular weight excluding hydrogens is 208 g/mol. The van der Waals surface area contributed by atoms with E-state index in [0.717, 1.165) is 18.7 Å². The monoisotopic (exact) mass is 230 g/mol. The van der Waals surface area contributed by atoms with E-state index in [0.29, 0.717) is 11.8 Å². The number of hydrogen-bond acceptors (Lipinski definition) is 2. The van der Waals surface area contributed by atoms with Gasteiger partial charge in [0.25, 0.3) is 0 Å². The predicted molar refractivity (Wildman–Crippen MR) is 71.6 cm³/mol. The van der Waals surface area contributed by atoms with Crippen molar-refractivity contribution in [1.29, 1.82) is 5.26 Å². The maximum atomic E-state index is 8.80. The average Bonchev–Trinajstić information content (AvgIpc) is 2.30. The minimum atomic E-state index is 0.689. The van der Waals surface area contributed by atoms with Gasteiger partial charge >= 0.3 is 0 Å². The van der Waals surface area contributed by atoms with Crippen molar-refractivity contribution in [3.8, 4) is 6.07 Å². The molecule has 1 aromatic rings. The van der Waals surface area contributed by atoms with Gasteiger partial charge < -0.3 is 5.32 Å². The van der Waals surface area contributed by atoms with Crippen LogP contribution in [0.15, 0.2) is 18.2 Å². The van der Waals surface area contributed by atoms with Gasteiger partial charge in [-0.25, -0.2) is 0 Å². The second-order valence-electron chi connectivity index (χ2n) is 5.11. The third-order valence-electron chi connectivity index (χ3n) is 3.39. The zero-order valence-corrected chi connectivity index (χ0v) is 11.2. The summed E-state index contributed by atoms with van der Waals surface area (Å²) < 4.78 is 0. The lowest BCUT2D eigenvalue weighted by Crippen LogP contribution is -2.24. The molecule has 0 aliphatic rings. The van der Waals surface area contributed by atoms with Crippen molar-refractivity contribution in [2.75, 3.05) is 6.54 Å². The van der Waals surface area contributed by atoms with Crippen LogP contribution in [0.4, 0.5) is 0 Å². The molecule has 0 bridgehead atoms. The van der Waals surface area contributed by atoms with Crippen LogP contribution in [-0.2, 0) is 6.54 Å². The first-order valence-corrected chi connectivity index (χ1v) is 6.25. The second-order valence-corrected chi connectivity index (χ2v) is 5.11. The smallest absolute Gasteiger partial charge is 0.0991 e. The largest absolute Gasteiger partial charge is 0.312 e. The fourth-order valence-corrected chi connectivity index (χ4v) is 1.63. The third-order valence-corrected chi connectivity index (χ3v) is 3.39. The molecule has 0 aliphatic carbocycles. The Morgan fingerprint density at radius 1 is 1.29 bits per heavy atom. The summed E-state index contributed by atoms with van der Waals surface area (Å²) in [6.07, 6.45) is 0. The van der Waals surface area contributed by atoms with Gasteiger partial charge in [0.2, 0.25) is 0 Å². The van der Waals surface area contributed by atoms with Gasteiger partial charge in [-0.15, -0.1) is 0 Å². The van der Waals surface area contributed by atoms with E-state index in [1.54, 1.807) is 0 Å². The van der Waals surface area contributed by atoms with Crippen LogP contribution in [-0.4, -0.2) is 6.54 Å². The number of benzene rings is 1. The van der Waals surface area contributed by atoms with Gasteiger partial charge in [0.05, 0.1) is 11.6 Å². The van der Waals surface area contributed by atoms with Crippen LogP contribution in [0.25, 0.3) is 0 Å². The molecule has 0 amide bonds. The first kappa shape index (κ1) is 13.7. The summed E-state index contributed by atoms with van der Waals surface area (Å²) in [7, 11) is 0. The van der Waals surface area contributed by atoms with Gasteiger partial charge in [0, 0.05) is 6.54 Å². The Labute approximate surface area is 105 Å². The van der Waals surface area contributed by atoms with Crippen LogP contribution in [0, 0.1) is 30.1 Å². The van der Waals surface area contributed by atoms with Crippen LogP contribution in [0.3, 0.4) is 0 Å². The van der Waals surface area contributed by atoms with Crippen molar-refractivity contribution >= 4 is 0 Å². The van der Waals surface area contributed by atoms with E-state index < -0.39 is 0 Å². The standard InChI is InChI=1S/C15H22N2/c1-11(2)13(4)9-17-10-15-6-5-14(8-16)7-12(15)3/h5-7,11,13,17H,9-10H2,1-4H3. The van der Waals surface area contributed by atoms with Crippen molar-refractivity contribution < 1.29 is 0 Å². The van der Waals surface area contributed by atoms with E-state index in [2.05, 4.69) is 39.1 Å². The van der Waals surface area contributed by atoms with E-state index >= 15 is 0 Å². The molecule has 1 rings (SSSR count). The molecule has 0 saturated carbocycles. The molecule has 1 unspecified atom stereocenters. The first-order valence-electron chi connectivity index (χ1n) is 6.25. The van der Waals surface area contributed by atoms with E-state index in [4.69, 9.17) is 5.26 Å². The molecule has 2 heteroatoms. The number of aryl methyl sites for hydroxylation is 1. The van der Waals surface area contributed by atoms with Gasteiger partial charge in [-0.2, -0.15) is 5.26 Å². The van der Waals surface area contributed by atoms with Gasteiger partial charge in [0.1, 0.15) is 0 Å². The maximum absolute atomic E-state index is 8.80. The highest BCUT2D eigenvalue weighted by atomic mass is 14.9. The SMILES string of the molecule is Cc1cc(C#N)ccc1CNCC(C)C(C)C. The molecule has 1 N–H and O–H groups in total. The summed E-state index contributed by atoms with van der Waals surface area (Å²) >= 11 is 0. The molecule has 0 spiro atoms. The van der Waals surface area contributed by atoms with Crippen molar-refractivity contribution in [1.82, 2.24) is 5.32 Å². The van der Waals surface area contributed by atoms with Crippen molar-refractivity contribution in [2.24, 2.45) is 11.8 Å². The summed E-state index contributed by atoms with van der Waals surface area (Å²) in [6, 6.07) is 8.04. The minimum absolute atomic E-state index is 0.689. The van der Waals surface area contributed by atoms with Crippen LogP contribution in [0.1, 0.15) is 37.5 Å². The number of hydrogen-bond donors (Lipinski definition) is 1. The lowest BCUT2D eigenvalue weighted by atomic mass is 9.98. The zero-order chi connectivity index (χ0) is 12.8. The molecule has 0 aromatic heterocycles. The van der Waals surface area contributed by atoms with Crippen LogP contribution in [0.2, 0.25) is 0 Å². The Morgan fingerprint density at radius 3 is 2.53 bits per heavy atom. The van der Waals surface area contributed by atoms with E-state index in [-0.39, 0.29) is 0 Å². The Bertz CT molecular complexity index is 402. The highest BCUT2D eigenvalue weighted by molar-refractivity contribution is 5.37. The normalized spacial score (nSPS) is 12.5. The van der Waals surface area contributed by atoms with Crippen molar-refractivity contribution in [2.45, 2.75) is 34.2 Å². The molecule has 1 aromatic carbocycles. The first-order chi connectivity index (χ1) is 8.04. The molecule has 0 fully saturated rings. The summed E-state index contributed by atoms with van der Waals surface area (Å²) in [4.78, 5) is 0. The number of rotatable bonds is 5. The topological polar surface area (TPSA) is 35.8 Å². The number of nitriles is 1. The fraction of sp³-hybridized carbons (Fsp3) is 0.533. The van der Waals surface area contributed by atoms with Crippen molar-refractivity contribution in [3.63, 3.8) is 0 Å². The number of nitrogens with one attached hydrogen (secondary N) is 1. The maximum Gasteiger partial charge on any atom is 0.0991 e. The lowest BCUT2D eigenvalue weighted by molar-refractivity contribution is 0.392. The zero-order valence-electron chi connectivity index (χ0n) is 11.2. The van der Waals surface area contributed by atoms with Crippen LogP contribution >= 0.6 is 0 Å². The lowest BCUT2D eigenvalue weighted by Gasteiger charge is -2.16. The Kier molecular flexibility index (Phi) is 5.18. The summed E-state index contributed by atoms with van der Waals surface area (Å²) in [5.41, 5.74) is 3.20. The molecular formula is C15H22N2. The minimum Gasteiger partial charge on any atom is -0.312 e. The molecule has 17 heavy (non-hydrogen) atoms. The summed E-state index contributed by atoms with van der Waals surface area (Å²) in [5, 5.41) is 12.3. The average molecular weight is 230 g/mol. The van der Waals surface area contributed by atoms with E-state index in [1.807, 2.05) is 18.2 Å².